The van der Waals surface area contributed by atoms with E-state index in [0.29, 0.717) is 18.5 Å². The van der Waals surface area contributed by atoms with Gasteiger partial charge in [-0.1, -0.05) is 25.1 Å². The fourth-order valence-corrected chi connectivity index (χ4v) is 3.20. The summed E-state index contributed by atoms with van der Waals surface area (Å²) in [5, 5.41) is 0. The molecule has 0 atom stereocenters. The average molecular weight is 251 g/mol. The molecule has 0 bridgehead atoms. The molecule has 0 radical (unpaired) electrons. The van der Waals surface area contributed by atoms with Crippen molar-refractivity contribution in [2.75, 3.05) is 6.26 Å². The van der Waals surface area contributed by atoms with Crippen LogP contribution in [0.1, 0.15) is 36.5 Å². The van der Waals surface area contributed by atoms with Crippen molar-refractivity contribution in [3.8, 4) is 0 Å². The number of sulfonamides is 1. The van der Waals surface area contributed by atoms with Crippen molar-refractivity contribution >= 4 is 10.0 Å². The maximum atomic E-state index is 11.5. The van der Waals surface area contributed by atoms with Gasteiger partial charge in [0.2, 0.25) is 10.0 Å². The fraction of sp³-hybridized carbons (Fsp3) is 0.538. The van der Waals surface area contributed by atoms with Crippen LogP contribution < -0.4 is 0 Å². The van der Waals surface area contributed by atoms with Crippen LogP contribution in [0.25, 0.3) is 0 Å². The molecule has 0 N–H and O–H groups in total. The van der Waals surface area contributed by atoms with Gasteiger partial charge in [-0.25, -0.2) is 8.42 Å². The van der Waals surface area contributed by atoms with Gasteiger partial charge in [0.15, 0.2) is 0 Å². The van der Waals surface area contributed by atoms with Crippen LogP contribution in [0, 0.1) is 0 Å². The monoisotopic (exact) mass is 251 g/mol. The van der Waals surface area contributed by atoms with Crippen molar-refractivity contribution in [3.05, 3.63) is 34.9 Å². The molecule has 17 heavy (non-hydrogen) atoms. The van der Waals surface area contributed by atoms with Crippen LogP contribution in [-0.4, -0.2) is 19.0 Å². The van der Waals surface area contributed by atoms with Crippen molar-refractivity contribution in [3.63, 3.8) is 0 Å². The van der Waals surface area contributed by atoms with E-state index in [4.69, 9.17) is 0 Å². The molecule has 3 nitrogen and oxygen atoms in total. The standard InChI is InChI=1S/C13H17NO2S/c1-13(5-6-13)12-4-3-10-8-14(17(2,15)16)9-11(10)7-12/h3-4,7H,5-6,8-9H2,1-2H3. The van der Waals surface area contributed by atoms with Gasteiger partial charge < -0.3 is 0 Å². The highest BCUT2D eigenvalue weighted by Gasteiger charge is 2.39. The highest BCUT2D eigenvalue weighted by Crippen LogP contribution is 2.48. The van der Waals surface area contributed by atoms with E-state index in [9.17, 15) is 8.42 Å². The van der Waals surface area contributed by atoms with E-state index in [-0.39, 0.29) is 0 Å². The third-order valence-electron chi connectivity index (χ3n) is 4.07. The van der Waals surface area contributed by atoms with E-state index in [1.54, 1.807) is 0 Å². The first-order valence-corrected chi connectivity index (χ1v) is 7.81. The number of benzene rings is 1. The summed E-state index contributed by atoms with van der Waals surface area (Å²) in [7, 11) is -3.07. The summed E-state index contributed by atoms with van der Waals surface area (Å²) >= 11 is 0. The number of fused-ring (bicyclic) bond motifs is 1. The second-order valence-electron chi connectivity index (χ2n) is 5.58. The molecule has 0 spiro atoms. The lowest BCUT2D eigenvalue weighted by Gasteiger charge is -2.11. The molecular weight excluding hydrogens is 234 g/mol. The lowest BCUT2D eigenvalue weighted by Crippen LogP contribution is -2.23. The van der Waals surface area contributed by atoms with Gasteiger partial charge >= 0.3 is 0 Å². The van der Waals surface area contributed by atoms with Crippen LogP contribution in [0.4, 0.5) is 0 Å². The Hall–Kier alpha value is -0.870. The summed E-state index contributed by atoms with van der Waals surface area (Å²) in [4.78, 5) is 0. The van der Waals surface area contributed by atoms with Gasteiger partial charge in [-0.3, -0.25) is 0 Å². The van der Waals surface area contributed by atoms with Gasteiger partial charge in [0.1, 0.15) is 0 Å². The van der Waals surface area contributed by atoms with Crippen LogP contribution in [-0.2, 0) is 28.5 Å². The van der Waals surface area contributed by atoms with Crippen LogP contribution in [0.15, 0.2) is 18.2 Å². The van der Waals surface area contributed by atoms with E-state index in [2.05, 4.69) is 25.1 Å². The Balaban J connectivity index is 1.94. The maximum absolute atomic E-state index is 11.5. The number of nitrogens with zero attached hydrogens (tertiary/aromatic N) is 1. The van der Waals surface area contributed by atoms with E-state index in [1.807, 2.05) is 0 Å². The molecular formula is C13H17NO2S. The molecule has 1 aromatic rings. The first-order valence-electron chi connectivity index (χ1n) is 5.96. The SMILES string of the molecule is CC1(c2ccc3c(c2)CN(S(C)(=O)=O)C3)CC1. The molecule has 4 heteroatoms. The van der Waals surface area contributed by atoms with E-state index in [0.717, 1.165) is 5.56 Å². The summed E-state index contributed by atoms with van der Waals surface area (Å²) in [6, 6.07) is 6.46. The van der Waals surface area contributed by atoms with Gasteiger partial charge in [0.25, 0.3) is 0 Å². The Kier molecular flexibility index (Phi) is 2.20. The molecule has 1 saturated carbocycles. The number of hydrogen-bond acceptors (Lipinski definition) is 2. The van der Waals surface area contributed by atoms with Crippen molar-refractivity contribution in [1.29, 1.82) is 0 Å². The summed E-state index contributed by atoms with van der Waals surface area (Å²) < 4.78 is 24.6. The predicted octanol–water partition coefficient (Wildman–Crippen LogP) is 2.01. The number of hydrogen-bond donors (Lipinski definition) is 0. The third kappa shape index (κ3) is 1.89. The van der Waals surface area contributed by atoms with Crippen molar-refractivity contribution in [1.82, 2.24) is 4.31 Å². The molecule has 0 saturated heterocycles. The zero-order valence-electron chi connectivity index (χ0n) is 10.2. The molecule has 0 unspecified atom stereocenters. The second-order valence-corrected chi connectivity index (χ2v) is 7.56. The van der Waals surface area contributed by atoms with E-state index >= 15 is 0 Å². The fourth-order valence-electron chi connectivity index (χ4n) is 2.45. The smallest absolute Gasteiger partial charge is 0.211 e. The summed E-state index contributed by atoms with van der Waals surface area (Å²) in [5.41, 5.74) is 4.06. The van der Waals surface area contributed by atoms with Gasteiger partial charge in [-0.05, 0) is 34.9 Å². The average Bonchev–Trinajstić information content (AvgIpc) is 2.85. The molecule has 2 aliphatic rings. The van der Waals surface area contributed by atoms with E-state index in [1.165, 1.54) is 34.5 Å². The Morgan fingerprint density at radius 2 is 1.82 bits per heavy atom. The molecule has 92 valence electrons. The van der Waals surface area contributed by atoms with E-state index < -0.39 is 10.0 Å². The molecule has 3 rings (SSSR count). The van der Waals surface area contributed by atoms with Crippen LogP contribution >= 0.6 is 0 Å². The maximum Gasteiger partial charge on any atom is 0.211 e. The van der Waals surface area contributed by atoms with Crippen LogP contribution in [0.2, 0.25) is 0 Å². The second kappa shape index (κ2) is 3.33. The van der Waals surface area contributed by atoms with Gasteiger partial charge in [-0.2, -0.15) is 4.31 Å². The van der Waals surface area contributed by atoms with Crippen molar-refractivity contribution in [2.24, 2.45) is 0 Å². The largest absolute Gasteiger partial charge is 0.212 e. The minimum atomic E-state index is -3.07. The van der Waals surface area contributed by atoms with Crippen molar-refractivity contribution in [2.45, 2.75) is 38.3 Å². The highest BCUT2D eigenvalue weighted by molar-refractivity contribution is 7.88. The van der Waals surface area contributed by atoms with Gasteiger partial charge in [0, 0.05) is 13.1 Å². The lowest BCUT2D eigenvalue weighted by molar-refractivity contribution is 0.436. The zero-order valence-corrected chi connectivity index (χ0v) is 11.0. The molecule has 1 aliphatic carbocycles. The van der Waals surface area contributed by atoms with Crippen LogP contribution in [0.5, 0.6) is 0 Å². The first kappa shape index (κ1) is 11.2. The zero-order chi connectivity index (χ0) is 12.3. The Labute approximate surface area is 102 Å². The molecule has 1 aliphatic heterocycles. The van der Waals surface area contributed by atoms with Crippen molar-refractivity contribution < 1.29 is 8.42 Å². The Morgan fingerprint density at radius 1 is 1.18 bits per heavy atom. The third-order valence-corrected chi connectivity index (χ3v) is 5.26. The number of rotatable bonds is 2. The first-order chi connectivity index (χ1) is 7.88. The quantitative estimate of drug-likeness (QED) is 0.806. The lowest BCUT2D eigenvalue weighted by atomic mass is 9.95. The molecule has 0 aromatic heterocycles. The predicted molar refractivity (Wildman–Crippen MR) is 67.1 cm³/mol. The molecule has 1 fully saturated rings. The minimum absolute atomic E-state index is 0.355. The highest BCUT2D eigenvalue weighted by atomic mass is 32.2. The van der Waals surface area contributed by atoms with Crippen LogP contribution in [0.3, 0.4) is 0 Å². The normalized spacial score (nSPS) is 22.5. The van der Waals surface area contributed by atoms with Gasteiger partial charge in [0.05, 0.1) is 6.26 Å². The summed E-state index contributed by atoms with van der Waals surface area (Å²) in [5.74, 6) is 0. The molecule has 0 amide bonds. The van der Waals surface area contributed by atoms with Gasteiger partial charge in [-0.15, -0.1) is 0 Å². The minimum Gasteiger partial charge on any atom is -0.212 e. The Morgan fingerprint density at radius 3 is 2.41 bits per heavy atom. The summed E-state index contributed by atoms with van der Waals surface area (Å²) in [6.07, 6.45) is 3.78. The molecule has 1 heterocycles. The Bertz CT molecular complexity index is 573. The topological polar surface area (TPSA) is 37.4 Å². The molecule has 1 aromatic carbocycles. The summed E-state index contributed by atoms with van der Waals surface area (Å²) in [6.45, 7) is 3.35.